The van der Waals surface area contributed by atoms with Gasteiger partial charge in [0.15, 0.2) is 0 Å². The lowest BCUT2D eigenvalue weighted by molar-refractivity contribution is 0.598. The summed E-state index contributed by atoms with van der Waals surface area (Å²) in [6, 6.07) is 20.9. The van der Waals surface area contributed by atoms with Gasteiger partial charge in [0, 0.05) is 25.0 Å². The van der Waals surface area contributed by atoms with E-state index < -0.39 is 15.8 Å². The van der Waals surface area contributed by atoms with E-state index in [4.69, 9.17) is 0 Å². The molecule has 0 unspecified atom stereocenters. The molecule has 0 radical (unpaired) electrons. The molecule has 3 aromatic rings. The summed E-state index contributed by atoms with van der Waals surface area (Å²) >= 11 is 0. The van der Waals surface area contributed by atoms with Crippen LogP contribution in [-0.2, 0) is 16.6 Å². The second-order valence-corrected chi connectivity index (χ2v) is 8.05. The van der Waals surface area contributed by atoms with Crippen LogP contribution in [0.3, 0.4) is 0 Å². The Morgan fingerprint density at radius 1 is 0.963 bits per heavy atom. The summed E-state index contributed by atoms with van der Waals surface area (Å²) in [6.45, 7) is 2.32. The van der Waals surface area contributed by atoms with E-state index >= 15 is 0 Å². The maximum absolute atomic E-state index is 13.2. The molecule has 4 nitrogen and oxygen atoms in total. The Morgan fingerprint density at radius 2 is 1.63 bits per heavy atom. The van der Waals surface area contributed by atoms with E-state index in [1.807, 2.05) is 37.4 Å². The van der Waals surface area contributed by atoms with Crippen LogP contribution in [0.25, 0.3) is 0 Å². The Kier molecular flexibility index (Phi) is 5.46. The van der Waals surface area contributed by atoms with Crippen LogP contribution in [0.15, 0.2) is 77.7 Å². The zero-order valence-electron chi connectivity index (χ0n) is 15.2. The molecule has 0 aliphatic carbocycles. The third kappa shape index (κ3) is 4.65. The zero-order valence-corrected chi connectivity index (χ0v) is 16.0. The summed E-state index contributed by atoms with van der Waals surface area (Å²) in [4.78, 5) is 2.15. The third-order valence-corrected chi connectivity index (χ3v) is 5.79. The van der Waals surface area contributed by atoms with Crippen LogP contribution in [0.2, 0.25) is 0 Å². The van der Waals surface area contributed by atoms with E-state index in [1.165, 1.54) is 17.7 Å². The van der Waals surface area contributed by atoms with Crippen LogP contribution < -0.4 is 9.62 Å². The fourth-order valence-electron chi connectivity index (χ4n) is 2.86. The van der Waals surface area contributed by atoms with E-state index in [9.17, 15) is 12.8 Å². The van der Waals surface area contributed by atoms with E-state index in [1.54, 1.807) is 19.1 Å². The minimum absolute atomic E-state index is 0.0640. The number of halogens is 1. The first-order valence-electron chi connectivity index (χ1n) is 8.49. The van der Waals surface area contributed by atoms with E-state index in [0.717, 1.165) is 18.3 Å². The average molecular weight is 384 g/mol. The van der Waals surface area contributed by atoms with Gasteiger partial charge in [-0.05, 0) is 60.5 Å². The van der Waals surface area contributed by atoms with Crippen LogP contribution in [0.5, 0.6) is 0 Å². The summed E-state index contributed by atoms with van der Waals surface area (Å²) in [5.41, 5.74) is 2.98. The maximum Gasteiger partial charge on any atom is 0.262 e. The molecule has 0 saturated carbocycles. The standard InChI is InChI=1S/C21H21FN2O2S/c1-16-14-18(22)8-13-21(16)27(25,26)23-19-9-11-20(12-10-19)24(2)15-17-6-4-3-5-7-17/h3-14,23H,15H2,1-2H3. The van der Waals surface area contributed by atoms with Gasteiger partial charge in [0.05, 0.1) is 4.90 Å². The van der Waals surface area contributed by atoms with Crippen molar-refractivity contribution >= 4 is 21.4 Å². The van der Waals surface area contributed by atoms with Crippen molar-refractivity contribution in [2.45, 2.75) is 18.4 Å². The second-order valence-electron chi connectivity index (χ2n) is 6.40. The summed E-state index contributed by atoms with van der Waals surface area (Å²) in [5, 5.41) is 0. The Bertz CT molecular complexity index is 1020. The van der Waals surface area contributed by atoms with Crippen molar-refractivity contribution in [3.8, 4) is 0 Å². The quantitative estimate of drug-likeness (QED) is 0.677. The van der Waals surface area contributed by atoms with Gasteiger partial charge in [-0.3, -0.25) is 4.72 Å². The van der Waals surface area contributed by atoms with Crippen LogP contribution in [0.4, 0.5) is 15.8 Å². The highest BCUT2D eigenvalue weighted by atomic mass is 32.2. The number of aryl methyl sites for hydroxylation is 1. The Morgan fingerprint density at radius 3 is 2.26 bits per heavy atom. The van der Waals surface area contributed by atoms with Crippen molar-refractivity contribution in [3.63, 3.8) is 0 Å². The minimum Gasteiger partial charge on any atom is -0.370 e. The molecule has 0 aliphatic heterocycles. The minimum atomic E-state index is -3.77. The van der Waals surface area contributed by atoms with Crippen molar-refractivity contribution < 1.29 is 12.8 Å². The van der Waals surface area contributed by atoms with Gasteiger partial charge >= 0.3 is 0 Å². The molecule has 0 bridgehead atoms. The predicted molar refractivity (Wildman–Crippen MR) is 107 cm³/mol. The molecule has 0 fully saturated rings. The Labute approximate surface area is 159 Å². The topological polar surface area (TPSA) is 49.4 Å². The van der Waals surface area contributed by atoms with Gasteiger partial charge in [0.2, 0.25) is 0 Å². The van der Waals surface area contributed by atoms with Gasteiger partial charge in [-0.25, -0.2) is 12.8 Å². The molecule has 0 aliphatic rings. The number of nitrogens with zero attached hydrogens (tertiary/aromatic N) is 1. The van der Waals surface area contributed by atoms with Crippen LogP contribution >= 0.6 is 0 Å². The molecule has 0 amide bonds. The van der Waals surface area contributed by atoms with Crippen LogP contribution in [0.1, 0.15) is 11.1 Å². The number of benzene rings is 3. The molecule has 140 valence electrons. The van der Waals surface area contributed by atoms with Gasteiger partial charge in [-0.15, -0.1) is 0 Å². The zero-order chi connectivity index (χ0) is 19.4. The van der Waals surface area contributed by atoms with Crippen molar-refractivity contribution in [1.29, 1.82) is 0 Å². The Balaban J connectivity index is 1.73. The molecule has 1 N–H and O–H groups in total. The molecule has 0 heterocycles. The SMILES string of the molecule is Cc1cc(F)ccc1S(=O)(=O)Nc1ccc(N(C)Cc2ccccc2)cc1. The smallest absolute Gasteiger partial charge is 0.262 e. The molecule has 3 rings (SSSR count). The molecule has 0 saturated heterocycles. The highest BCUT2D eigenvalue weighted by Gasteiger charge is 2.17. The summed E-state index contributed by atoms with van der Waals surface area (Å²) in [7, 11) is -1.79. The van der Waals surface area contributed by atoms with Gasteiger partial charge in [0.1, 0.15) is 5.82 Å². The number of hydrogen-bond acceptors (Lipinski definition) is 3. The first-order chi connectivity index (χ1) is 12.8. The predicted octanol–water partition coefficient (Wildman–Crippen LogP) is 4.57. The van der Waals surface area contributed by atoms with Crippen molar-refractivity contribution in [3.05, 3.63) is 89.7 Å². The molecular formula is C21H21FN2O2S. The number of nitrogens with one attached hydrogen (secondary N) is 1. The third-order valence-electron chi connectivity index (χ3n) is 4.25. The van der Waals surface area contributed by atoms with Gasteiger partial charge in [0.25, 0.3) is 10.0 Å². The van der Waals surface area contributed by atoms with Crippen LogP contribution in [-0.4, -0.2) is 15.5 Å². The van der Waals surface area contributed by atoms with Gasteiger partial charge in [-0.1, -0.05) is 30.3 Å². The number of anilines is 2. The molecular weight excluding hydrogens is 363 g/mol. The van der Waals surface area contributed by atoms with Crippen molar-refractivity contribution in [1.82, 2.24) is 0 Å². The van der Waals surface area contributed by atoms with E-state index in [-0.39, 0.29) is 4.90 Å². The maximum atomic E-state index is 13.2. The van der Waals surface area contributed by atoms with E-state index in [2.05, 4.69) is 21.8 Å². The lowest BCUT2D eigenvalue weighted by Crippen LogP contribution is -2.17. The van der Waals surface area contributed by atoms with Crippen molar-refractivity contribution in [2.75, 3.05) is 16.7 Å². The summed E-state index contributed by atoms with van der Waals surface area (Å²) in [5.74, 6) is -0.461. The normalized spacial score (nSPS) is 11.2. The molecule has 0 spiro atoms. The summed E-state index contributed by atoms with van der Waals surface area (Å²) in [6.07, 6.45) is 0. The molecule has 27 heavy (non-hydrogen) atoms. The lowest BCUT2D eigenvalue weighted by atomic mass is 10.2. The average Bonchev–Trinajstić information content (AvgIpc) is 2.62. The monoisotopic (exact) mass is 384 g/mol. The second kappa shape index (κ2) is 7.80. The highest BCUT2D eigenvalue weighted by molar-refractivity contribution is 7.92. The summed E-state index contributed by atoms with van der Waals surface area (Å²) < 4.78 is 40.9. The number of rotatable bonds is 6. The molecule has 3 aromatic carbocycles. The Hall–Kier alpha value is -2.86. The van der Waals surface area contributed by atoms with Gasteiger partial charge in [-0.2, -0.15) is 0 Å². The highest BCUT2D eigenvalue weighted by Crippen LogP contribution is 2.23. The number of sulfonamides is 1. The van der Waals surface area contributed by atoms with Gasteiger partial charge < -0.3 is 4.90 Å². The van der Waals surface area contributed by atoms with Crippen molar-refractivity contribution in [2.24, 2.45) is 0 Å². The largest absolute Gasteiger partial charge is 0.370 e. The first kappa shape index (κ1) is 18.9. The molecule has 6 heteroatoms. The fourth-order valence-corrected chi connectivity index (χ4v) is 4.14. The first-order valence-corrected chi connectivity index (χ1v) is 9.97. The van der Waals surface area contributed by atoms with E-state index in [0.29, 0.717) is 11.3 Å². The van der Waals surface area contributed by atoms with Crippen LogP contribution in [0, 0.1) is 12.7 Å². The molecule has 0 aromatic heterocycles. The fraction of sp³-hybridized carbons (Fsp3) is 0.143. The number of hydrogen-bond donors (Lipinski definition) is 1. The lowest BCUT2D eigenvalue weighted by Gasteiger charge is -2.20. The molecule has 0 atom stereocenters.